The number of amides is 2. The van der Waals surface area contributed by atoms with Crippen LogP contribution in [0.3, 0.4) is 0 Å². The minimum Gasteiger partial charge on any atom is -0.490 e. The van der Waals surface area contributed by atoms with E-state index < -0.39 is 16.7 Å². The fourth-order valence-electron chi connectivity index (χ4n) is 4.49. The summed E-state index contributed by atoms with van der Waals surface area (Å²) in [7, 11) is 1.38. The van der Waals surface area contributed by atoms with Gasteiger partial charge >= 0.3 is 5.69 Å². The van der Waals surface area contributed by atoms with E-state index in [1.54, 1.807) is 48.5 Å². The van der Waals surface area contributed by atoms with Gasteiger partial charge in [0.1, 0.15) is 0 Å². The number of nitro benzene ring substituents is 1. The van der Waals surface area contributed by atoms with Gasteiger partial charge in [-0.1, -0.05) is 42.5 Å². The molecule has 9 heteroatoms. The Morgan fingerprint density at radius 1 is 0.865 bits per heavy atom. The van der Waals surface area contributed by atoms with Crippen LogP contribution < -0.4 is 21.1 Å². The predicted molar refractivity (Wildman–Crippen MR) is 140 cm³/mol. The summed E-state index contributed by atoms with van der Waals surface area (Å²) in [6.45, 7) is 0. The van der Waals surface area contributed by atoms with Crippen molar-refractivity contribution in [2.45, 2.75) is 5.92 Å². The molecule has 1 atom stereocenters. The molecule has 37 heavy (non-hydrogen) atoms. The van der Waals surface area contributed by atoms with Crippen LogP contribution in [0, 0.1) is 10.1 Å². The average molecular weight is 495 g/mol. The van der Waals surface area contributed by atoms with Crippen LogP contribution in [-0.4, -0.2) is 23.8 Å². The molecular formula is C28H22N4O5. The normalized spacial score (nSPS) is 12.7. The summed E-state index contributed by atoms with van der Waals surface area (Å²) >= 11 is 0. The maximum atomic E-state index is 13.1. The van der Waals surface area contributed by atoms with Crippen molar-refractivity contribution in [3.8, 4) is 16.9 Å². The lowest BCUT2D eigenvalue weighted by molar-refractivity contribution is -0.385. The molecule has 1 aliphatic heterocycles. The maximum absolute atomic E-state index is 13.1. The van der Waals surface area contributed by atoms with E-state index in [1.165, 1.54) is 13.2 Å². The fraction of sp³-hybridized carbons (Fsp3) is 0.0714. The number of nitrogens with one attached hydrogen (secondary N) is 2. The van der Waals surface area contributed by atoms with Gasteiger partial charge in [-0.15, -0.1) is 0 Å². The molecule has 9 nitrogen and oxygen atoms in total. The van der Waals surface area contributed by atoms with Gasteiger partial charge in [0.25, 0.3) is 5.91 Å². The van der Waals surface area contributed by atoms with Crippen molar-refractivity contribution < 1.29 is 19.2 Å². The first kappa shape index (κ1) is 23.6. The minimum absolute atomic E-state index is 0.131. The molecule has 4 aromatic rings. The van der Waals surface area contributed by atoms with Gasteiger partial charge in [0.2, 0.25) is 5.91 Å². The van der Waals surface area contributed by atoms with Crippen LogP contribution in [0.1, 0.15) is 27.4 Å². The number of benzene rings is 4. The second-order valence-electron chi connectivity index (χ2n) is 8.53. The molecule has 0 bridgehead atoms. The molecule has 2 amide bonds. The number of nitro groups is 1. The molecule has 4 aromatic carbocycles. The molecule has 1 heterocycles. The molecule has 1 unspecified atom stereocenters. The number of ether oxygens (including phenoxy) is 1. The Morgan fingerprint density at radius 2 is 1.59 bits per heavy atom. The molecule has 0 radical (unpaired) electrons. The van der Waals surface area contributed by atoms with E-state index in [0.29, 0.717) is 33.8 Å². The largest absolute Gasteiger partial charge is 0.490 e. The van der Waals surface area contributed by atoms with Gasteiger partial charge in [-0.25, -0.2) is 0 Å². The Morgan fingerprint density at radius 3 is 2.30 bits per heavy atom. The Balaban J connectivity index is 1.52. The van der Waals surface area contributed by atoms with Crippen LogP contribution in [0.25, 0.3) is 11.1 Å². The van der Waals surface area contributed by atoms with Crippen LogP contribution in [0.2, 0.25) is 0 Å². The maximum Gasteiger partial charge on any atom is 0.310 e. The number of carbonyl (C=O) groups is 2. The van der Waals surface area contributed by atoms with E-state index in [4.69, 9.17) is 10.5 Å². The standard InChI is InChI=1S/C28H22N4O5/c1-37-25-15-18(9-12-24(25)32(35)36)17-7-10-20-22(13-17)30-21-11-8-19(14-23(21)31-28(20)34)26(27(29)33)16-5-3-2-4-6-16/h2-15,26,30H,1H3,(H2,29,33)(H,31,34). The van der Waals surface area contributed by atoms with Crippen molar-refractivity contribution in [1.29, 1.82) is 0 Å². The van der Waals surface area contributed by atoms with Crippen LogP contribution in [-0.2, 0) is 4.79 Å². The Labute approximate surface area is 212 Å². The zero-order chi connectivity index (χ0) is 26.1. The predicted octanol–water partition coefficient (Wildman–Crippen LogP) is 5.20. The molecule has 184 valence electrons. The number of rotatable bonds is 6. The number of anilines is 3. The van der Waals surface area contributed by atoms with Gasteiger partial charge in [-0.2, -0.15) is 0 Å². The van der Waals surface area contributed by atoms with Gasteiger partial charge in [0.15, 0.2) is 5.75 Å². The van der Waals surface area contributed by atoms with Crippen molar-refractivity contribution in [3.05, 3.63) is 112 Å². The topological polar surface area (TPSA) is 137 Å². The number of nitrogens with two attached hydrogens (primary N) is 1. The Bertz CT molecular complexity index is 1550. The molecule has 5 rings (SSSR count). The van der Waals surface area contributed by atoms with E-state index in [9.17, 15) is 19.7 Å². The molecule has 0 aromatic heterocycles. The zero-order valence-electron chi connectivity index (χ0n) is 19.7. The number of fused-ring (bicyclic) bond motifs is 2. The first-order chi connectivity index (χ1) is 17.9. The fourth-order valence-corrected chi connectivity index (χ4v) is 4.49. The van der Waals surface area contributed by atoms with Gasteiger partial charge in [0.05, 0.1) is 40.6 Å². The number of carbonyl (C=O) groups excluding carboxylic acids is 2. The monoisotopic (exact) mass is 494 g/mol. The lowest BCUT2D eigenvalue weighted by atomic mass is 9.90. The Kier molecular flexibility index (Phi) is 6.02. The zero-order valence-corrected chi connectivity index (χ0v) is 19.7. The molecule has 1 aliphatic rings. The summed E-state index contributed by atoms with van der Waals surface area (Å²) < 4.78 is 5.19. The van der Waals surface area contributed by atoms with Crippen LogP contribution in [0.4, 0.5) is 22.7 Å². The molecular weight excluding hydrogens is 472 g/mol. The summed E-state index contributed by atoms with van der Waals surface area (Å²) in [5.74, 6) is -1.34. The van der Waals surface area contributed by atoms with Crippen LogP contribution >= 0.6 is 0 Å². The highest BCUT2D eigenvalue weighted by atomic mass is 16.6. The third-order valence-electron chi connectivity index (χ3n) is 6.29. The number of hydrogen-bond acceptors (Lipinski definition) is 6. The average Bonchev–Trinajstić information content (AvgIpc) is 3.03. The number of hydrogen-bond donors (Lipinski definition) is 3. The molecule has 4 N–H and O–H groups in total. The van der Waals surface area contributed by atoms with Crippen molar-refractivity contribution in [2.24, 2.45) is 5.73 Å². The molecule has 0 saturated heterocycles. The van der Waals surface area contributed by atoms with Crippen molar-refractivity contribution in [2.75, 3.05) is 17.7 Å². The summed E-state index contributed by atoms with van der Waals surface area (Å²) in [5.41, 5.74) is 10.6. The minimum atomic E-state index is -0.669. The lowest BCUT2D eigenvalue weighted by Crippen LogP contribution is -2.22. The summed E-state index contributed by atoms with van der Waals surface area (Å²) in [6.07, 6.45) is 0. The summed E-state index contributed by atoms with van der Waals surface area (Å²) in [5, 5.41) is 17.5. The highest BCUT2D eigenvalue weighted by Crippen LogP contribution is 2.38. The highest BCUT2D eigenvalue weighted by molar-refractivity contribution is 6.12. The number of methoxy groups -OCH3 is 1. The van der Waals surface area contributed by atoms with E-state index in [1.807, 2.05) is 30.3 Å². The quantitative estimate of drug-likeness (QED) is 0.249. The number of nitrogens with zero attached hydrogens (tertiary/aromatic N) is 1. The van der Waals surface area contributed by atoms with Gasteiger partial charge in [-0.3, -0.25) is 19.7 Å². The van der Waals surface area contributed by atoms with E-state index in [-0.39, 0.29) is 17.3 Å². The van der Waals surface area contributed by atoms with Crippen molar-refractivity contribution in [1.82, 2.24) is 0 Å². The Hall–Kier alpha value is -5.18. The molecule has 0 saturated carbocycles. The molecule has 0 fully saturated rings. The highest BCUT2D eigenvalue weighted by Gasteiger charge is 2.25. The first-order valence-corrected chi connectivity index (χ1v) is 11.4. The van der Waals surface area contributed by atoms with Gasteiger partial charge in [-0.05, 0) is 58.7 Å². The number of primary amides is 1. The summed E-state index contributed by atoms with van der Waals surface area (Å²) in [4.78, 5) is 36.1. The lowest BCUT2D eigenvalue weighted by Gasteiger charge is -2.17. The summed E-state index contributed by atoms with van der Waals surface area (Å²) in [6, 6.07) is 24.4. The van der Waals surface area contributed by atoms with Gasteiger partial charge < -0.3 is 21.1 Å². The second kappa shape index (κ2) is 9.46. The smallest absolute Gasteiger partial charge is 0.310 e. The SMILES string of the molecule is COc1cc(-c2ccc3c(c2)Nc2ccc(C(C(N)=O)c4ccccc4)cc2NC3=O)ccc1[N+](=O)[O-]. The third kappa shape index (κ3) is 4.45. The van der Waals surface area contributed by atoms with E-state index in [2.05, 4.69) is 10.6 Å². The van der Waals surface area contributed by atoms with E-state index >= 15 is 0 Å². The third-order valence-corrected chi connectivity index (χ3v) is 6.29. The van der Waals surface area contributed by atoms with Crippen molar-refractivity contribution >= 4 is 34.6 Å². The van der Waals surface area contributed by atoms with Gasteiger partial charge in [0, 0.05) is 6.07 Å². The molecule has 0 spiro atoms. The van der Waals surface area contributed by atoms with Crippen LogP contribution in [0.15, 0.2) is 84.9 Å². The molecule has 0 aliphatic carbocycles. The van der Waals surface area contributed by atoms with Crippen LogP contribution in [0.5, 0.6) is 5.75 Å². The van der Waals surface area contributed by atoms with Crippen molar-refractivity contribution in [3.63, 3.8) is 0 Å². The van der Waals surface area contributed by atoms with E-state index in [0.717, 1.165) is 11.1 Å². The second-order valence-corrected chi connectivity index (χ2v) is 8.53. The first-order valence-electron chi connectivity index (χ1n) is 11.4.